The summed E-state index contributed by atoms with van der Waals surface area (Å²) in [7, 11) is 2.94. The molecule has 9 heteroatoms. The molecule has 0 aliphatic rings. The van der Waals surface area contributed by atoms with Crippen molar-refractivity contribution < 1.29 is 24.0 Å². The van der Waals surface area contributed by atoms with Crippen LogP contribution in [0.5, 0.6) is 0 Å². The van der Waals surface area contributed by atoms with Crippen LogP contribution >= 0.6 is 0 Å². The molecule has 0 aliphatic carbocycles. The van der Waals surface area contributed by atoms with Gasteiger partial charge in [-0.2, -0.15) is 5.10 Å². The smallest absolute Gasteiger partial charge is 0.300 e. The number of hydrogen-bond donors (Lipinski definition) is 1. The molecule has 2 N–H and O–H groups in total. The molecule has 4 rings (SSSR count). The van der Waals surface area contributed by atoms with Crippen LogP contribution in [0.1, 0.15) is 138 Å². The highest BCUT2D eigenvalue weighted by atomic mass is 16.2. The number of hydrazine groups is 1. The zero-order valence-electron chi connectivity index (χ0n) is 37.5. The first-order valence-corrected chi connectivity index (χ1v) is 20.7. The van der Waals surface area contributed by atoms with Crippen LogP contribution in [0.25, 0.3) is 0 Å². The molecule has 0 aliphatic heterocycles. The average molecular weight is 819 g/mol. The molecule has 0 unspecified atom stereocenters. The Hall–Kier alpha value is -5.54. The topological polar surface area (TPSA) is 130 Å². The molecule has 9 nitrogen and oxygen atoms in total. The van der Waals surface area contributed by atoms with Crippen LogP contribution in [0.2, 0.25) is 0 Å². The number of ketones is 3. The van der Waals surface area contributed by atoms with Gasteiger partial charge >= 0.3 is 11.8 Å². The first kappa shape index (κ1) is 52.5. The minimum Gasteiger partial charge on any atom is -0.300 e. The van der Waals surface area contributed by atoms with Gasteiger partial charge in [0.1, 0.15) is 5.78 Å². The predicted octanol–water partition coefficient (Wildman–Crippen LogP) is 9.87. The van der Waals surface area contributed by atoms with Gasteiger partial charge in [0.05, 0.1) is 0 Å². The summed E-state index contributed by atoms with van der Waals surface area (Å²) in [4.78, 5) is 60.4. The number of rotatable bonds is 15. The Morgan fingerprint density at radius 3 is 1.18 bits per heavy atom. The van der Waals surface area contributed by atoms with E-state index in [0.717, 1.165) is 76.2 Å². The van der Waals surface area contributed by atoms with Gasteiger partial charge in [-0.1, -0.05) is 130 Å². The van der Waals surface area contributed by atoms with Gasteiger partial charge in [0.2, 0.25) is 0 Å². The Morgan fingerprint density at radius 2 is 0.867 bits per heavy atom. The van der Waals surface area contributed by atoms with E-state index >= 15 is 0 Å². The second-order valence-electron chi connectivity index (χ2n) is 15.2. The summed E-state index contributed by atoms with van der Waals surface area (Å²) in [6, 6.07) is 24.6. The van der Waals surface area contributed by atoms with Crippen LogP contribution in [0.15, 0.2) is 77.9 Å². The molecule has 2 amide bonds. The van der Waals surface area contributed by atoms with E-state index in [-0.39, 0.29) is 13.2 Å². The Bertz CT molecular complexity index is 2050. The van der Waals surface area contributed by atoms with E-state index in [1.807, 2.05) is 72.7 Å². The third kappa shape index (κ3) is 16.3. The number of likely N-dealkylation sites (N-methyl/N-ethyl adjacent to an activating group) is 2. The Balaban J connectivity index is 0.000000494. The number of carbonyl (C=O) groups excluding carboxylic acids is 5. The van der Waals surface area contributed by atoms with Gasteiger partial charge < -0.3 is 4.79 Å². The summed E-state index contributed by atoms with van der Waals surface area (Å²) in [5.41, 5.74) is 12.8. The first-order valence-electron chi connectivity index (χ1n) is 20.7. The van der Waals surface area contributed by atoms with E-state index in [9.17, 15) is 24.0 Å². The van der Waals surface area contributed by atoms with Crippen molar-refractivity contribution in [2.45, 2.75) is 128 Å². The summed E-state index contributed by atoms with van der Waals surface area (Å²) >= 11 is 0. The highest BCUT2D eigenvalue weighted by molar-refractivity contribution is 6.43. The molecular formula is C51H70N4O5. The molecule has 324 valence electrons. The van der Waals surface area contributed by atoms with Crippen LogP contribution in [0.3, 0.4) is 0 Å². The second kappa shape index (κ2) is 25.8. The molecule has 4 aromatic carbocycles. The van der Waals surface area contributed by atoms with E-state index in [4.69, 9.17) is 5.84 Å². The fourth-order valence-electron chi connectivity index (χ4n) is 6.61. The average Bonchev–Trinajstić information content (AvgIpc) is 3.21. The summed E-state index contributed by atoms with van der Waals surface area (Å²) in [5.74, 6) is 3.35. The van der Waals surface area contributed by atoms with Crippen molar-refractivity contribution in [3.05, 3.63) is 140 Å². The molecule has 0 radical (unpaired) electrons. The predicted molar refractivity (Wildman–Crippen MR) is 248 cm³/mol. The molecule has 0 spiro atoms. The van der Waals surface area contributed by atoms with Crippen molar-refractivity contribution in [3.63, 3.8) is 0 Å². The molecule has 0 heterocycles. The lowest BCUT2D eigenvalue weighted by atomic mass is 9.92. The van der Waals surface area contributed by atoms with Crippen molar-refractivity contribution in [1.82, 2.24) is 10.0 Å². The van der Waals surface area contributed by atoms with Gasteiger partial charge in [0, 0.05) is 37.4 Å². The maximum absolute atomic E-state index is 13.0. The van der Waals surface area contributed by atoms with Crippen molar-refractivity contribution in [2.24, 2.45) is 10.9 Å². The molecule has 0 bridgehead atoms. The third-order valence-corrected chi connectivity index (χ3v) is 9.98. The van der Waals surface area contributed by atoms with Crippen LogP contribution in [-0.4, -0.2) is 59.0 Å². The molecule has 0 saturated heterocycles. The summed E-state index contributed by atoms with van der Waals surface area (Å²) in [5, 5.41) is 6.38. The largest absolute Gasteiger partial charge is 0.314 e. The quantitative estimate of drug-likeness (QED) is 0.0318. The van der Waals surface area contributed by atoms with Crippen LogP contribution in [0.4, 0.5) is 0 Å². The standard InChI is InChI=1S/C25H32N2O2.C14H20N2O2.C11H14O.CH4/c1-7-21-15-18(4)16-22(8-2)23(21)24(28)25(29)27(6)26-19(5)11-14-20-12-9-17(3)10-13-20;1-5-10-7-9(3)8-11(6-2)12(10)13(17)14(18)16(4)15;1-9-3-6-11(7-4-9)8-5-10(2)12;/h9-10,12-13,15-16H,7-8,11,14H2,1-6H3;7-8H,5-6,15H2,1-4H3;3-4,6-7H,5,8H2,1-2H3;1H4. The SMILES string of the molecule is C.CC(=O)CCc1ccc(C)cc1.CCc1cc(C)cc(CC)c1C(=O)C(=O)N(C)N.CCc1cc(C)cc(CC)c1C(=O)C(=O)N(C)N=C(C)CCc1ccc(C)cc1. The molecular weight excluding hydrogens is 749 g/mol. The fraction of sp³-hybridized carbons (Fsp3) is 0.412. The maximum atomic E-state index is 13.0. The molecule has 0 saturated carbocycles. The number of benzene rings is 4. The number of aryl methyl sites for hydroxylation is 10. The van der Waals surface area contributed by atoms with Crippen molar-refractivity contribution in [2.75, 3.05) is 14.1 Å². The van der Waals surface area contributed by atoms with Crippen LogP contribution in [-0.2, 0) is 52.9 Å². The number of hydrogen-bond acceptors (Lipinski definition) is 7. The van der Waals surface area contributed by atoms with Gasteiger partial charge in [0.15, 0.2) is 0 Å². The zero-order chi connectivity index (χ0) is 44.4. The Labute approximate surface area is 360 Å². The van der Waals surface area contributed by atoms with Gasteiger partial charge in [-0.25, -0.2) is 10.9 Å². The summed E-state index contributed by atoms with van der Waals surface area (Å²) < 4.78 is 0. The first-order chi connectivity index (χ1) is 27.9. The Kier molecular flexibility index (Phi) is 22.6. The molecule has 60 heavy (non-hydrogen) atoms. The number of amides is 2. The minimum atomic E-state index is -0.678. The molecule has 0 atom stereocenters. The Morgan fingerprint density at radius 1 is 0.533 bits per heavy atom. The monoisotopic (exact) mass is 819 g/mol. The highest BCUT2D eigenvalue weighted by Crippen LogP contribution is 2.22. The van der Waals surface area contributed by atoms with Crippen LogP contribution in [0, 0.1) is 27.7 Å². The van der Waals surface area contributed by atoms with Gasteiger partial charge in [0.25, 0.3) is 11.6 Å². The van der Waals surface area contributed by atoms with Gasteiger partial charge in [-0.15, -0.1) is 0 Å². The molecule has 0 fully saturated rings. The normalized spacial score (nSPS) is 10.6. The number of carbonyl (C=O) groups is 5. The number of hydrazone groups is 1. The number of nitrogens with zero attached hydrogens (tertiary/aromatic N) is 3. The van der Waals surface area contributed by atoms with Gasteiger partial charge in [-0.3, -0.25) is 24.2 Å². The summed E-state index contributed by atoms with van der Waals surface area (Å²) in [6.07, 6.45) is 5.98. The van der Waals surface area contributed by atoms with Crippen LogP contribution < -0.4 is 5.84 Å². The van der Waals surface area contributed by atoms with Crippen molar-refractivity contribution in [3.8, 4) is 0 Å². The third-order valence-electron chi connectivity index (χ3n) is 9.98. The summed E-state index contributed by atoms with van der Waals surface area (Å²) in [6.45, 7) is 19.6. The van der Waals surface area contributed by atoms with E-state index in [1.165, 1.54) is 34.3 Å². The molecule has 4 aromatic rings. The maximum Gasteiger partial charge on any atom is 0.314 e. The zero-order valence-corrected chi connectivity index (χ0v) is 37.5. The van der Waals surface area contributed by atoms with Crippen molar-refractivity contribution in [1.29, 1.82) is 0 Å². The van der Waals surface area contributed by atoms with E-state index in [2.05, 4.69) is 67.5 Å². The lowest BCUT2D eigenvalue weighted by Gasteiger charge is -2.16. The number of Topliss-reactive ketones (excluding diaryl/α,β-unsaturated/α-hetero) is 3. The lowest BCUT2D eigenvalue weighted by molar-refractivity contribution is -0.125. The van der Waals surface area contributed by atoms with E-state index in [1.54, 1.807) is 14.0 Å². The fourth-order valence-corrected chi connectivity index (χ4v) is 6.61. The molecule has 0 aromatic heterocycles. The van der Waals surface area contributed by atoms with Crippen molar-refractivity contribution >= 4 is 34.9 Å². The van der Waals surface area contributed by atoms with E-state index in [0.29, 0.717) is 30.4 Å². The van der Waals surface area contributed by atoms with E-state index < -0.39 is 23.4 Å². The number of nitrogens with two attached hydrogens (primary N) is 1. The lowest BCUT2D eigenvalue weighted by Crippen LogP contribution is -2.39. The minimum absolute atomic E-state index is 0. The van der Waals surface area contributed by atoms with Gasteiger partial charge in [-0.05, 0) is 120 Å². The highest BCUT2D eigenvalue weighted by Gasteiger charge is 2.26. The second-order valence-corrected chi connectivity index (χ2v) is 15.2.